The van der Waals surface area contributed by atoms with Crippen LogP contribution in [0.15, 0.2) is 48.5 Å². The average molecular weight is 256 g/mol. The summed E-state index contributed by atoms with van der Waals surface area (Å²) in [6, 6.07) is 13.8. The SMILES string of the molecule is C[C@@H](O)c1cccc(NC(=O)c2ccc(N)cc2)c1. The smallest absolute Gasteiger partial charge is 0.255 e. The molecule has 2 rings (SSSR count). The van der Waals surface area contributed by atoms with E-state index in [-0.39, 0.29) is 5.91 Å². The van der Waals surface area contributed by atoms with Crippen molar-refractivity contribution in [2.75, 3.05) is 11.1 Å². The van der Waals surface area contributed by atoms with Gasteiger partial charge in [0.15, 0.2) is 0 Å². The lowest BCUT2D eigenvalue weighted by Crippen LogP contribution is -2.12. The first-order valence-electron chi connectivity index (χ1n) is 6.01. The highest BCUT2D eigenvalue weighted by Gasteiger charge is 2.07. The maximum Gasteiger partial charge on any atom is 0.255 e. The van der Waals surface area contributed by atoms with Crippen LogP contribution in [-0.4, -0.2) is 11.0 Å². The van der Waals surface area contributed by atoms with Crippen LogP contribution in [0.1, 0.15) is 28.9 Å². The number of hydrogen-bond acceptors (Lipinski definition) is 3. The summed E-state index contributed by atoms with van der Waals surface area (Å²) in [4.78, 5) is 12.0. The number of hydrogen-bond donors (Lipinski definition) is 3. The van der Waals surface area contributed by atoms with E-state index in [9.17, 15) is 9.90 Å². The fourth-order valence-electron chi connectivity index (χ4n) is 1.71. The summed E-state index contributed by atoms with van der Waals surface area (Å²) in [5.41, 5.74) is 8.14. The number of rotatable bonds is 3. The molecule has 1 amide bonds. The maximum absolute atomic E-state index is 12.0. The first kappa shape index (κ1) is 13.1. The molecule has 0 heterocycles. The van der Waals surface area contributed by atoms with Crippen LogP contribution in [0.2, 0.25) is 0 Å². The molecule has 0 spiro atoms. The van der Waals surface area contributed by atoms with Crippen LogP contribution < -0.4 is 11.1 Å². The van der Waals surface area contributed by atoms with Crippen molar-refractivity contribution in [3.8, 4) is 0 Å². The Morgan fingerprint density at radius 1 is 1.21 bits per heavy atom. The number of nitrogens with one attached hydrogen (secondary N) is 1. The van der Waals surface area contributed by atoms with Crippen LogP contribution in [0.3, 0.4) is 0 Å². The van der Waals surface area contributed by atoms with E-state index in [0.717, 1.165) is 5.56 Å². The number of amides is 1. The van der Waals surface area contributed by atoms with Crippen molar-refractivity contribution in [3.05, 3.63) is 59.7 Å². The van der Waals surface area contributed by atoms with Crippen LogP contribution in [0, 0.1) is 0 Å². The number of nitrogens with two attached hydrogens (primary N) is 1. The Balaban J connectivity index is 2.14. The molecule has 4 heteroatoms. The maximum atomic E-state index is 12.0. The molecule has 0 unspecified atom stereocenters. The molecule has 2 aromatic rings. The van der Waals surface area contributed by atoms with E-state index in [1.54, 1.807) is 49.4 Å². The molecule has 0 fully saturated rings. The lowest BCUT2D eigenvalue weighted by Gasteiger charge is -2.09. The predicted octanol–water partition coefficient (Wildman–Crippen LogP) is 2.57. The van der Waals surface area contributed by atoms with Gasteiger partial charge in [-0.2, -0.15) is 0 Å². The molecule has 0 bridgehead atoms. The summed E-state index contributed by atoms with van der Waals surface area (Å²) in [5, 5.41) is 12.3. The Hall–Kier alpha value is -2.33. The molecule has 0 aliphatic rings. The molecule has 19 heavy (non-hydrogen) atoms. The van der Waals surface area contributed by atoms with Gasteiger partial charge in [0.2, 0.25) is 0 Å². The molecular weight excluding hydrogens is 240 g/mol. The topological polar surface area (TPSA) is 75.3 Å². The van der Waals surface area contributed by atoms with Gasteiger partial charge in [-0.05, 0) is 48.9 Å². The summed E-state index contributed by atoms with van der Waals surface area (Å²) in [7, 11) is 0. The van der Waals surface area contributed by atoms with Gasteiger partial charge in [-0.3, -0.25) is 4.79 Å². The number of nitrogen functional groups attached to an aromatic ring is 1. The zero-order chi connectivity index (χ0) is 13.8. The van der Waals surface area contributed by atoms with Gasteiger partial charge in [-0.15, -0.1) is 0 Å². The Labute approximate surface area is 111 Å². The number of anilines is 2. The van der Waals surface area contributed by atoms with Crippen molar-refractivity contribution in [1.82, 2.24) is 0 Å². The Morgan fingerprint density at radius 2 is 1.89 bits per heavy atom. The molecule has 98 valence electrons. The highest BCUT2D eigenvalue weighted by Crippen LogP contribution is 2.18. The van der Waals surface area contributed by atoms with Crippen molar-refractivity contribution in [3.63, 3.8) is 0 Å². The zero-order valence-corrected chi connectivity index (χ0v) is 10.6. The van der Waals surface area contributed by atoms with Crippen molar-refractivity contribution in [2.45, 2.75) is 13.0 Å². The molecule has 1 atom stereocenters. The third-order valence-electron chi connectivity index (χ3n) is 2.80. The molecule has 0 aromatic heterocycles. The van der Waals surface area contributed by atoms with Gasteiger partial charge >= 0.3 is 0 Å². The summed E-state index contributed by atoms with van der Waals surface area (Å²) in [5.74, 6) is -0.206. The van der Waals surface area contributed by atoms with Gasteiger partial charge in [0.1, 0.15) is 0 Å². The fraction of sp³-hybridized carbons (Fsp3) is 0.133. The first-order chi connectivity index (χ1) is 9.06. The summed E-state index contributed by atoms with van der Waals surface area (Å²) in [6.07, 6.45) is -0.562. The number of carbonyl (C=O) groups is 1. The first-order valence-corrected chi connectivity index (χ1v) is 6.01. The van der Waals surface area contributed by atoms with Crippen LogP contribution >= 0.6 is 0 Å². The van der Waals surface area contributed by atoms with Crippen LogP contribution in [-0.2, 0) is 0 Å². The van der Waals surface area contributed by atoms with Gasteiger partial charge in [-0.25, -0.2) is 0 Å². The largest absolute Gasteiger partial charge is 0.399 e. The summed E-state index contributed by atoms with van der Waals surface area (Å²) >= 11 is 0. The van der Waals surface area contributed by atoms with E-state index in [4.69, 9.17) is 5.73 Å². The Kier molecular flexibility index (Phi) is 3.82. The second-order valence-corrected chi connectivity index (χ2v) is 4.38. The lowest BCUT2D eigenvalue weighted by molar-refractivity contribution is 0.102. The highest BCUT2D eigenvalue weighted by atomic mass is 16.3. The predicted molar refractivity (Wildman–Crippen MR) is 75.9 cm³/mol. The van der Waals surface area contributed by atoms with Crippen molar-refractivity contribution < 1.29 is 9.90 Å². The quantitative estimate of drug-likeness (QED) is 0.739. The van der Waals surface area contributed by atoms with Crippen LogP contribution in [0.5, 0.6) is 0 Å². The minimum absolute atomic E-state index is 0.206. The Bertz CT molecular complexity index is 577. The normalized spacial score (nSPS) is 11.9. The molecule has 4 N–H and O–H groups in total. The number of aliphatic hydroxyl groups is 1. The van der Waals surface area contributed by atoms with Gasteiger partial charge in [0.25, 0.3) is 5.91 Å². The van der Waals surface area contributed by atoms with E-state index < -0.39 is 6.10 Å². The van der Waals surface area contributed by atoms with Gasteiger partial charge in [0.05, 0.1) is 6.10 Å². The Morgan fingerprint density at radius 3 is 2.53 bits per heavy atom. The molecule has 0 aliphatic heterocycles. The molecule has 0 saturated carbocycles. The number of aliphatic hydroxyl groups excluding tert-OH is 1. The molecule has 4 nitrogen and oxygen atoms in total. The fourth-order valence-corrected chi connectivity index (χ4v) is 1.71. The standard InChI is InChI=1S/C15H16N2O2/c1-10(18)12-3-2-4-14(9-12)17-15(19)11-5-7-13(16)8-6-11/h2-10,18H,16H2,1H3,(H,17,19)/t10-/m1/s1. The third-order valence-corrected chi connectivity index (χ3v) is 2.80. The van der Waals surface area contributed by atoms with Crippen molar-refractivity contribution in [1.29, 1.82) is 0 Å². The van der Waals surface area contributed by atoms with Crippen molar-refractivity contribution >= 4 is 17.3 Å². The van der Waals surface area contributed by atoms with Gasteiger partial charge in [-0.1, -0.05) is 12.1 Å². The van der Waals surface area contributed by atoms with E-state index in [1.807, 2.05) is 6.07 Å². The lowest BCUT2D eigenvalue weighted by atomic mass is 10.1. The number of carbonyl (C=O) groups excluding carboxylic acids is 1. The van der Waals surface area contributed by atoms with Crippen LogP contribution in [0.4, 0.5) is 11.4 Å². The van der Waals surface area contributed by atoms with E-state index in [1.165, 1.54) is 0 Å². The van der Waals surface area contributed by atoms with Crippen molar-refractivity contribution in [2.24, 2.45) is 0 Å². The second-order valence-electron chi connectivity index (χ2n) is 4.38. The minimum atomic E-state index is -0.562. The minimum Gasteiger partial charge on any atom is -0.399 e. The van der Waals surface area contributed by atoms with E-state index in [2.05, 4.69) is 5.32 Å². The monoisotopic (exact) mass is 256 g/mol. The molecule has 2 aromatic carbocycles. The average Bonchev–Trinajstić information content (AvgIpc) is 2.39. The van der Waals surface area contributed by atoms with E-state index in [0.29, 0.717) is 16.9 Å². The highest BCUT2D eigenvalue weighted by molar-refractivity contribution is 6.04. The second kappa shape index (κ2) is 5.54. The molecule has 0 radical (unpaired) electrons. The van der Waals surface area contributed by atoms with Crippen LogP contribution in [0.25, 0.3) is 0 Å². The third kappa shape index (κ3) is 3.33. The van der Waals surface area contributed by atoms with Gasteiger partial charge < -0.3 is 16.2 Å². The van der Waals surface area contributed by atoms with Gasteiger partial charge in [0, 0.05) is 16.9 Å². The van der Waals surface area contributed by atoms with E-state index >= 15 is 0 Å². The molecule has 0 aliphatic carbocycles. The summed E-state index contributed by atoms with van der Waals surface area (Å²) in [6.45, 7) is 1.68. The molecule has 0 saturated heterocycles. The molecular formula is C15H16N2O2. The summed E-state index contributed by atoms with van der Waals surface area (Å²) < 4.78 is 0. The number of benzene rings is 2. The zero-order valence-electron chi connectivity index (χ0n) is 10.6.